The Morgan fingerprint density at radius 1 is 1.00 bits per heavy atom. The van der Waals surface area contributed by atoms with Crippen LogP contribution in [0, 0.1) is 0 Å². The maximum absolute atomic E-state index is 12.7. The summed E-state index contributed by atoms with van der Waals surface area (Å²) < 4.78 is 28.1. The average molecular weight is 457 g/mol. The molecule has 1 aliphatic heterocycles. The van der Waals surface area contributed by atoms with Crippen LogP contribution in [0.15, 0.2) is 86.4 Å². The van der Waals surface area contributed by atoms with Crippen LogP contribution >= 0.6 is 23.4 Å². The van der Waals surface area contributed by atoms with E-state index in [1.165, 1.54) is 0 Å². The van der Waals surface area contributed by atoms with Crippen LogP contribution < -0.4 is 4.72 Å². The van der Waals surface area contributed by atoms with E-state index >= 15 is 0 Å². The number of fused-ring (bicyclic) bond motifs is 2. The first kappa shape index (κ1) is 21.1. The van der Waals surface area contributed by atoms with Gasteiger partial charge in [-0.1, -0.05) is 67.0 Å². The van der Waals surface area contributed by atoms with E-state index in [0.29, 0.717) is 17.3 Å². The Morgan fingerprint density at radius 2 is 1.77 bits per heavy atom. The number of unbranched alkanes of at least 4 members (excludes halogenated alkanes) is 1. The van der Waals surface area contributed by atoms with Crippen LogP contribution in [0.5, 0.6) is 0 Å². The van der Waals surface area contributed by atoms with Gasteiger partial charge in [-0.3, -0.25) is 0 Å². The highest BCUT2D eigenvalue weighted by Crippen LogP contribution is 2.42. The molecule has 0 aromatic heterocycles. The van der Waals surface area contributed by atoms with Crippen LogP contribution in [0.4, 0.5) is 5.69 Å². The molecule has 1 aliphatic rings. The van der Waals surface area contributed by atoms with E-state index in [-0.39, 0.29) is 4.90 Å². The van der Waals surface area contributed by atoms with Crippen molar-refractivity contribution in [1.82, 2.24) is 4.72 Å². The molecule has 0 fully saturated rings. The molecule has 0 spiro atoms. The predicted molar refractivity (Wildman–Crippen MR) is 124 cm³/mol. The van der Waals surface area contributed by atoms with Crippen LogP contribution in [0.2, 0.25) is 5.02 Å². The minimum atomic E-state index is -3.58. The minimum Gasteiger partial charge on any atom is -0.247 e. The molecule has 30 heavy (non-hydrogen) atoms. The van der Waals surface area contributed by atoms with E-state index < -0.39 is 10.0 Å². The van der Waals surface area contributed by atoms with E-state index in [4.69, 9.17) is 16.6 Å². The Kier molecular flexibility index (Phi) is 6.29. The highest BCUT2D eigenvalue weighted by molar-refractivity contribution is 7.99. The lowest BCUT2D eigenvalue weighted by Gasteiger charge is -2.09. The van der Waals surface area contributed by atoms with E-state index in [1.807, 2.05) is 55.5 Å². The molecule has 154 valence electrons. The lowest BCUT2D eigenvalue weighted by atomic mass is 10.0. The van der Waals surface area contributed by atoms with Crippen molar-refractivity contribution in [1.29, 1.82) is 0 Å². The fourth-order valence-corrected chi connectivity index (χ4v) is 5.41. The quantitative estimate of drug-likeness (QED) is 0.359. The summed E-state index contributed by atoms with van der Waals surface area (Å²) in [6.07, 6.45) is 1.73. The molecule has 0 saturated heterocycles. The highest BCUT2D eigenvalue weighted by Gasteiger charge is 2.21. The normalized spacial score (nSPS) is 13.2. The Morgan fingerprint density at radius 3 is 2.53 bits per heavy atom. The maximum Gasteiger partial charge on any atom is 0.240 e. The van der Waals surface area contributed by atoms with Gasteiger partial charge in [0.15, 0.2) is 0 Å². The SMILES string of the molecule is CCCCNS(=O)(=O)c1ccc2c(c1)N=C(c1ccc(Cl)cc1)c1ccccc1S2. The van der Waals surface area contributed by atoms with Gasteiger partial charge >= 0.3 is 0 Å². The van der Waals surface area contributed by atoms with Crippen LogP contribution in [-0.4, -0.2) is 20.7 Å². The van der Waals surface area contributed by atoms with Crippen molar-refractivity contribution in [3.05, 3.63) is 82.9 Å². The summed E-state index contributed by atoms with van der Waals surface area (Å²) in [5, 5.41) is 0.655. The Balaban J connectivity index is 1.82. The van der Waals surface area contributed by atoms with E-state index in [2.05, 4.69) is 10.8 Å². The molecule has 4 rings (SSSR count). The van der Waals surface area contributed by atoms with Gasteiger partial charge in [0.05, 0.1) is 16.3 Å². The topological polar surface area (TPSA) is 58.5 Å². The lowest BCUT2D eigenvalue weighted by molar-refractivity contribution is 0.578. The molecule has 0 unspecified atom stereocenters. The van der Waals surface area contributed by atoms with Crippen molar-refractivity contribution in [3.63, 3.8) is 0 Å². The zero-order valence-corrected chi connectivity index (χ0v) is 18.8. The second kappa shape index (κ2) is 8.94. The summed E-state index contributed by atoms with van der Waals surface area (Å²) in [5.41, 5.74) is 3.36. The number of hydrogen-bond donors (Lipinski definition) is 1. The second-order valence-electron chi connectivity index (χ2n) is 6.95. The molecular formula is C23H21ClN2O2S2. The highest BCUT2D eigenvalue weighted by atomic mass is 35.5. The fourth-order valence-electron chi connectivity index (χ4n) is 3.18. The molecule has 3 aromatic rings. The monoisotopic (exact) mass is 456 g/mol. The first-order valence-corrected chi connectivity index (χ1v) is 12.4. The molecule has 1 heterocycles. The lowest BCUT2D eigenvalue weighted by Crippen LogP contribution is -2.24. The van der Waals surface area contributed by atoms with Gasteiger partial charge in [0, 0.05) is 32.5 Å². The third-order valence-corrected chi connectivity index (χ3v) is 7.63. The molecule has 4 nitrogen and oxygen atoms in total. The summed E-state index contributed by atoms with van der Waals surface area (Å²) >= 11 is 7.66. The number of nitrogens with zero attached hydrogens (tertiary/aromatic N) is 1. The maximum atomic E-state index is 12.7. The van der Waals surface area contributed by atoms with E-state index in [0.717, 1.165) is 39.5 Å². The number of nitrogens with one attached hydrogen (secondary N) is 1. The predicted octanol–water partition coefficient (Wildman–Crippen LogP) is 6.05. The first-order valence-electron chi connectivity index (χ1n) is 9.73. The van der Waals surface area contributed by atoms with Crippen LogP contribution in [0.1, 0.15) is 30.9 Å². The Labute approximate surface area is 186 Å². The minimum absolute atomic E-state index is 0.225. The zero-order chi connectivity index (χ0) is 21.1. The molecule has 0 atom stereocenters. The summed E-state index contributed by atoms with van der Waals surface area (Å²) in [6, 6.07) is 20.7. The number of sulfonamides is 1. The van der Waals surface area contributed by atoms with Crippen molar-refractivity contribution in [2.24, 2.45) is 4.99 Å². The fraction of sp³-hybridized carbons (Fsp3) is 0.174. The number of hydrogen-bond acceptors (Lipinski definition) is 4. The molecule has 0 aliphatic carbocycles. The van der Waals surface area contributed by atoms with Gasteiger partial charge in [-0.05, 0) is 42.8 Å². The van der Waals surface area contributed by atoms with E-state index in [1.54, 1.807) is 23.9 Å². The van der Waals surface area contributed by atoms with Gasteiger partial charge in [-0.25, -0.2) is 18.1 Å². The third kappa shape index (κ3) is 4.47. The Bertz CT molecular complexity index is 1210. The van der Waals surface area contributed by atoms with Gasteiger partial charge in [-0.2, -0.15) is 0 Å². The van der Waals surface area contributed by atoms with Crippen LogP contribution in [0.25, 0.3) is 0 Å². The average Bonchev–Trinajstić information content (AvgIpc) is 2.90. The van der Waals surface area contributed by atoms with Crippen molar-refractivity contribution in [2.45, 2.75) is 34.5 Å². The number of rotatable bonds is 6. The molecule has 0 amide bonds. The summed E-state index contributed by atoms with van der Waals surface area (Å²) in [7, 11) is -3.58. The largest absolute Gasteiger partial charge is 0.247 e. The zero-order valence-electron chi connectivity index (χ0n) is 16.4. The summed E-state index contributed by atoms with van der Waals surface area (Å²) in [5.74, 6) is 0. The van der Waals surface area contributed by atoms with Gasteiger partial charge < -0.3 is 0 Å². The van der Waals surface area contributed by atoms with Gasteiger partial charge in [0.1, 0.15) is 0 Å². The smallest absolute Gasteiger partial charge is 0.240 e. The van der Waals surface area contributed by atoms with E-state index in [9.17, 15) is 8.42 Å². The molecule has 7 heteroatoms. The molecule has 0 radical (unpaired) electrons. The van der Waals surface area contributed by atoms with Crippen LogP contribution in [0.3, 0.4) is 0 Å². The molecular weight excluding hydrogens is 436 g/mol. The molecule has 0 bridgehead atoms. The summed E-state index contributed by atoms with van der Waals surface area (Å²) in [4.78, 5) is 7.12. The van der Waals surface area contributed by atoms with Crippen molar-refractivity contribution >= 4 is 44.8 Å². The number of aliphatic imine (C=N–C) groups is 1. The molecule has 3 aromatic carbocycles. The van der Waals surface area contributed by atoms with Crippen molar-refractivity contribution in [3.8, 4) is 0 Å². The third-order valence-electron chi connectivity index (χ3n) is 4.78. The summed E-state index contributed by atoms with van der Waals surface area (Å²) in [6.45, 7) is 2.45. The number of halogens is 1. The second-order valence-corrected chi connectivity index (χ2v) is 10.2. The van der Waals surface area contributed by atoms with Gasteiger partial charge in [0.25, 0.3) is 0 Å². The van der Waals surface area contributed by atoms with Crippen molar-refractivity contribution in [2.75, 3.05) is 6.54 Å². The first-order chi connectivity index (χ1) is 14.5. The van der Waals surface area contributed by atoms with Crippen LogP contribution in [-0.2, 0) is 10.0 Å². The Hall–Kier alpha value is -2.12. The molecule has 0 saturated carbocycles. The van der Waals surface area contributed by atoms with Crippen molar-refractivity contribution < 1.29 is 8.42 Å². The number of benzene rings is 3. The molecule has 1 N–H and O–H groups in total. The van der Waals surface area contributed by atoms with Gasteiger partial charge in [0.2, 0.25) is 10.0 Å². The van der Waals surface area contributed by atoms with Gasteiger partial charge in [-0.15, -0.1) is 0 Å². The standard InChI is InChI=1S/C23H21ClN2O2S2/c1-2-3-14-25-30(27,28)18-12-13-22-20(15-18)26-23(16-8-10-17(24)11-9-16)19-6-4-5-7-21(19)29-22/h4-13,15,25H,2-3,14H2,1H3.